The van der Waals surface area contributed by atoms with Crippen LogP contribution in [0.25, 0.3) is 0 Å². The van der Waals surface area contributed by atoms with E-state index in [0.29, 0.717) is 18.4 Å². The predicted molar refractivity (Wildman–Crippen MR) is 68.7 cm³/mol. The molecule has 0 aromatic carbocycles. The number of carbonyl (C=O) groups is 1. The standard InChI is InChI=1S/C13H26N2O2/c1-9(2)10-6-7-15(8-11(10)14)12(16)17-13(3,4)5/h9-11H,6-8,14H2,1-5H3. The molecule has 0 aromatic rings. The molecule has 2 unspecified atom stereocenters. The van der Waals surface area contributed by atoms with Crippen molar-refractivity contribution in [3.05, 3.63) is 0 Å². The van der Waals surface area contributed by atoms with Gasteiger partial charge in [-0.25, -0.2) is 4.79 Å². The molecule has 0 radical (unpaired) electrons. The first-order valence-electron chi connectivity index (χ1n) is 6.44. The van der Waals surface area contributed by atoms with Crippen LogP contribution in [0.1, 0.15) is 41.0 Å². The molecule has 0 aliphatic carbocycles. The van der Waals surface area contributed by atoms with E-state index in [1.165, 1.54) is 0 Å². The van der Waals surface area contributed by atoms with Gasteiger partial charge in [-0.15, -0.1) is 0 Å². The Morgan fingerprint density at radius 2 is 2.00 bits per heavy atom. The van der Waals surface area contributed by atoms with Crippen molar-refractivity contribution in [2.75, 3.05) is 13.1 Å². The Labute approximate surface area is 104 Å². The first-order chi connectivity index (χ1) is 7.70. The third-order valence-corrected chi connectivity index (χ3v) is 3.22. The Morgan fingerprint density at radius 1 is 1.41 bits per heavy atom. The molecule has 1 heterocycles. The zero-order valence-electron chi connectivity index (χ0n) is 11.7. The molecule has 0 spiro atoms. The molecule has 17 heavy (non-hydrogen) atoms. The lowest BCUT2D eigenvalue weighted by molar-refractivity contribution is 0.0136. The Kier molecular flexibility index (Phi) is 4.42. The molecule has 4 heteroatoms. The van der Waals surface area contributed by atoms with Crippen LogP contribution in [0, 0.1) is 11.8 Å². The Hall–Kier alpha value is -0.770. The van der Waals surface area contributed by atoms with Crippen molar-refractivity contribution in [2.45, 2.75) is 52.7 Å². The van der Waals surface area contributed by atoms with E-state index in [9.17, 15) is 4.79 Å². The van der Waals surface area contributed by atoms with E-state index in [4.69, 9.17) is 10.5 Å². The maximum atomic E-state index is 11.9. The molecule has 0 saturated carbocycles. The second kappa shape index (κ2) is 5.25. The van der Waals surface area contributed by atoms with Crippen molar-refractivity contribution in [2.24, 2.45) is 17.6 Å². The maximum Gasteiger partial charge on any atom is 0.410 e. The molecule has 100 valence electrons. The number of nitrogens with two attached hydrogens (primary N) is 1. The molecule has 1 aliphatic heterocycles. The lowest BCUT2D eigenvalue weighted by Gasteiger charge is -2.39. The maximum absolute atomic E-state index is 11.9. The Balaban J connectivity index is 2.52. The van der Waals surface area contributed by atoms with E-state index >= 15 is 0 Å². The first kappa shape index (κ1) is 14.3. The summed E-state index contributed by atoms with van der Waals surface area (Å²) in [6.45, 7) is 11.4. The normalized spacial score (nSPS) is 26.2. The lowest BCUT2D eigenvalue weighted by Crippen LogP contribution is -2.52. The number of rotatable bonds is 1. The molecular formula is C13H26N2O2. The van der Waals surface area contributed by atoms with Crippen LogP contribution >= 0.6 is 0 Å². The number of nitrogens with zero attached hydrogens (tertiary/aromatic N) is 1. The van der Waals surface area contributed by atoms with Gasteiger partial charge in [-0.3, -0.25) is 0 Å². The van der Waals surface area contributed by atoms with E-state index in [-0.39, 0.29) is 12.1 Å². The molecule has 1 fully saturated rings. The van der Waals surface area contributed by atoms with Crippen molar-refractivity contribution in [3.8, 4) is 0 Å². The van der Waals surface area contributed by atoms with Crippen LogP contribution in [0.4, 0.5) is 4.79 Å². The highest BCUT2D eigenvalue weighted by Crippen LogP contribution is 2.24. The molecule has 1 rings (SSSR count). The monoisotopic (exact) mass is 242 g/mol. The smallest absolute Gasteiger partial charge is 0.410 e. The highest BCUT2D eigenvalue weighted by molar-refractivity contribution is 5.68. The van der Waals surface area contributed by atoms with Gasteiger partial charge in [-0.1, -0.05) is 13.8 Å². The van der Waals surface area contributed by atoms with Crippen molar-refractivity contribution >= 4 is 6.09 Å². The van der Waals surface area contributed by atoms with Gasteiger partial charge in [-0.2, -0.15) is 0 Å². The number of carbonyl (C=O) groups excluding carboxylic acids is 1. The highest BCUT2D eigenvalue weighted by atomic mass is 16.6. The minimum absolute atomic E-state index is 0.0660. The molecule has 1 aliphatic rings. The van der Waals surface area contributed by atoms with Crippen molar-refractivity contribution < 1.29 is 9.53 Å². The van der Waals surface area contributed by atoms with Gasteiger partial charge >= 0.3 is 6.09 Å². The van der Waals surface area contributed by atoms with Gasteiger partial charge in [-0.05, 0) is 39.0 Å². The number of hydrogen-bond donors (Lipinski definition) is 1. The van der Waals surface area contributed by atoms with Gasteiger partial charge in [0.2, 0.25) is 0 Å². The summed E-state index contributed by atoms with van der Waals surface area (Å²) in [4.78, 5) is 13.6. The zero-order valence-corrected chi connectivity index (χ0v) is 11.7. The lowest BCUT2D eigenvalue weighted by atomic mass is 9.83. The van der Waals surface area contributed by atoms with E-state index in [1.807, 2.05) is 20.8 Å². The Bertz CT molecular complexity index is 271. The topological polar surface area (TPSA) is 55.6 Å². The second-order valence-corrected chi connectivity index (χ2v) is 6.29. The van der Waals surface area contributed by atoms with Crippen molar-refractivity contribution in [1.29, 1.82) is 0 Å². The van der Waals surface area contributed by atoms with Crippen LogP contribution in [0.2, 0.25) is 0 Å². The fourth-order valence-corrected chi connectivity index (χ4v) is 2.32. The SMILES string of the molecule is CC(C)C1CCN(C(=O)OC(C)(C)C)CC1N. The molecular weight excluding hydrogens is 216 g/mol. The average Bonchev–Trinajstić information content (AvgIpc) is 2.14. The average molecular weight is 242 g/mol. The van der Waals surface area contributed by atoms with E-state index < -0.39 is 5.60 Å². The van der Waals surface area contributed by atoms with Gasteiger partial charge in [0.1, 0.15) is 5.60 Å². The number of amides is 1. The number of hydrogen-bond acceptors (Lipinski definition) is 3. The summed E-state index contributed by atoms with van der Waals surface area (Å²) < 4.78 is 5.35. The fraction of sp³-hybridized carbons (Fsp3) is 0.923. The summed E-state index contributed by atoms with van der Waals surface area (Å²) >= 11 is 0. The second-order valence-electron chi connectivity index (χ2n) is 6.29. The van der Waals surface area contributed by atoms with E-state index in [2.05, 4.69) is 13.8 Å². The van der Waals surface area contributed by atoms with E-state index in [0.717, 1.165) is 13.0 Å². The summed E-state index contributed by atoms with van der Waals surface area (Å²) in [6.07, 6.45) is 0.730. The summed E-state index contributed by atoms with van der Waals surface area (Å²) in [5, 5.41) is 0. The quantitative estimate of drug-likeness (QED) is 0.767. The molecule has 1 saturated heterocycles. The van der Waals surface area contributed by atoms with Crippen LogP contribution in [0.3, 0.4) is 0 Å². The minimum atomic E-state index is -0.434. The van der Waals surface area contributed by atoms with Crippen LogP contribution in [-0.4, -0.2) is 35.7 Å². The fourth-order valence-electron chi connectivity index (χ4n) is 2.32. The summed E-state index contributed by atoms with van der Waals surface area (Å²) in [5.41, 5.74) is 5.69. The van der Waals surface area contributed by atoms with Crippen LogP contribution in [0.15, 0.2) is 0 Å². The first-order valence-corrected chi connectivity index (χ1v) is 6.44. The largest absolute Gasteiger partial charge is 0.444 e. The van der Waals surface area contributed by atoms with Gasteiger partial charge in [0.15, 0.2) is 0 Å². The van der Waals surface area contributed by atoms with Crippen LogP contribution in [0.5, 0.6) is 0 Å². The molecule has 1 amide bonds. The molecule has 0 aromatic heterocycles. The van der Waals surface area contributed by atoms with Crippen LogP contribution < -0.4 is 5.73 Å². The third-order valence-electron chi connectivity index (χ3n) is 3.22. The molecule has 0 bridgehead atoms. The summed E-state index contributed by atoms with van der Waals surface area (Å²) in [7, 11) is 0. The van der Waals surface area contributed by atoms with Crippen LogP contribution in [-0.2, 0) is 4.74 Å². The number of ether oxygens (including phenoxy) is 1. The third kappa shape index (κ3) is 4.19. The number of piperidine rings is 1. The van der Waals surface area contributed by atoms with E-state index in [1.54, 1.807) is 4.90 Å². The summed E-state index contributed by atoms with van der Waals surface area (Å²) in [6, 6.07) is 0.0660. The number of likely N-dealkylation sites (tertiary alicyclic amines) is 1. The summed E-state index contributed by atoms with van der Waals surface area (Å²) in [5.74, 6) is 1.08. The van der Waals surface area contributed by atoms with Gasteiger partial charge in [0.25, 0.3) is 0 Å². The van der Waals surface area contributed by atoms with Gasteiger partial charge in [0, 0.05) is 19.1 Å². The molecule has 2 N–H and O–H groups in total. The van der Waals surface area contributed by atoms with Crippen molar-refractivity contribution in [3.63, 3.8) is 0 Å². The van der Waals surface area contributed by atoms with Gasteiger partial charge < -0.3 is 15.4 Å². The Morgan fingerprint density at radius 3 is 2.41 bits per heavy atom. The zero-order chi connectivity index (χ0) is 13.2. The minimum Gasteiger partial charge on any atom is -0.444 e. The van der Waals surface area contributed by atoms with Gasteiger partial charge in [0.05, 0.1) is 0 Å². The molecule has 4 nitrogen and oxygen atoms in total. The molecule has 2 atom stereocenters. The van der Waals surface area contributed by atoms with Crippen molar-refractivity contribution in [1.82, 2.24) is 4.90 Å². The predicted octanol–water partition coefficient (Wildman–Crippen LogP) is 2.23. The highest BCUT2D eigenvalue weighted by Gasteiger charge is 2.32.